The number of carbonyl (C=O) groups is 4. The van der Waals surface area contributed by atoms with Crippen LogP contribution in [0.4, 0.5) is 0 Å². The highest BCUT2D eigenvalue weighted by molar-refractivity contribution is 5.77. The zero-order valence-electron chi connectivity index (χ0n) is 70.0. The number of hydrogen-bond donors (Lipinski definition) is 23. The van der Waals surface area contributed by atoms with Crippen molar-refractivity contribution in [3.63, 3.8) is 0 Å². The van der Waals surface area contributed by atoms with Gasteiger partial charge in [0.05, 0.1) is 70.5 Å². The Labute approximate surface area is 702 Å². The third-order valence-corrected chi connectivity index (χ3v) is 23.2. The van der Waals surface area contributed by atoms with Gasteiger partial charge in [0, 0.05) is 26.7 Å². The Balaban J connectivity index is 1.11. The Morgan fingerprint density at radius 2 is 0.842 bits per heavy atom. The van der Waals surface area contributed by atoms with Crippen molar-refractivity contribution in [3.05, 3.63) is 12.2 Å². The average molecular weight is 1740 g/mol. The number of aliphatic hydroxyl groups excluding tert-OH is 19. The normalized spacial score (nSPS) is 36.0. The van der Waals surface area contributed by atoms with Crippen LogP contribution >= 0.6 is 0 Å². The predicted molar refractivity (Wildman–Crippen MR) is 420 cm³/mol. The molecule has 120 heavy (non-hydrogen) atoms. The molecular weight excluding hydrogens is 1590 g/mol. The van der Waals surface area contributed by atoms with Gasteiger partial charge in [-0.2, -0.15) is 0 Å². The number of rotatable bonds is 57. The van der Waals surface area contributed by atoms with E-state index in [2.05, 4.69) is 29.8 Å². The Morgan fingerprint density at radius 3 is 1.31 bits per heavy atom. The van der Waals surface area contributed by atoms with Crippen LogP contribution in [-0.2, 0) is 76.0 Å². The maximum Gasteiger partial charge on any atom is 0.364 e. The first-order valence-corrected chi connectivity index (χ1v) is 43.6. The Bertz CT molecular complexity index is 2870. The first-order valence-electron chi connectivity index (χ1n) is 43.6. The molecule has 33 atom stereocenters. The molecule has 6 aliphatic rings. The van der Waals surface area contributed by atoms with Gasteiger partial charge in [-0.3, -0.25) is 14.4 Å². The van der Waals surface area contributed by atoms with Gasteiger partial charge >= 0.3 is 5.97 Å². The topological polar surface area (TPSA) is 620 Å². The van der Waals surface area contributed by atoms with Crippen LogP contribution in [-0.4, -0.2) is 374 Å². The number of amides is 3. The van der Waals surface area contributed by atoms with Crippen LogP contribution in [0.5, 0.6) is 0 Å². The second-order valence-corrected chi connectivity index (χ2v) is 32.8. The fraction of sp³-hybridized carbons (Fsp3) is 0.926. The molecular formula is C81H145N3O36. The van der Waals surface area contributed by atoms with E-state index in [0.29, 0.717) is 12.8 Å². The summed E-state index contributed by atoms with van der Waals surface area (Å²) in [6.07, 6.45) is -23.1. The van der Waals surface area contributed by atoms with Crippen LogP contribution in [0.1, 0.15) is 227 Å². The molecule has 6 saturated heterocycles. The fourth-order valence-electron chi connectivity index (χ4n) is 16.0. The van der Waals surface area contributed by atoms with Crippen LogP contribution in [0.25, 0.3) is 0 Å². The van der Waals surface area contributed by atoms with Crippen LogP contribution in [0, 0.1) is 0 Å². The molecule has 6 aliphatic heterocycles. The summed E-state index contributed by atoms with van der Waals surface area (Å²) in [7, 11) is 0. The van der Waals surface area contributed by atoms with Crippen molar-refractivity contribution < 1.29 is 178 Å². The van der Waals surface area contributed by atoms with Crippen LogP contribution in [0.3, 0.4) is 0 Å². The van der Waals surface area contributed by atoms with Crippen molar-refractivity contribution in [2.45, 2.75) is 429 Å². The SMILES string of the molecule is CCCCCCCCCCCCC/C=C/[C@@H](O)[C@H](CO[C@@H]1OC(CO)[C@@H](O[C@@H]2OC(CO)[C@H](O)[C@H](O[C@H]3OC(CO)[C@H](O)[C@H](O[C@@H]4OC(CO)[C@H](O)[C@H](O[C@@H]5OC(CO[C@]6(C(=O)O)CC(O)[C@@H](NC(C)=O)C([C@H](O)[C@H](O)CO)O6)[C@H](O)[C@H](O)C5O)C4NC(C)=O)C3O)C2O)[C@H](O)C1O)NC(=O)CCCCCCCCCCCCCCCCCCC. The number of unbranched alkanes of at least 4 members (excludes halogenated alkanes) is 27. The standard InChI is InChI=1S/C81H145N3O36/c1-5-7-9-11-13-15-17-19-20-21-22-24-26-28-30-32-34-36-56(95)84-47(48(92)35-33-31-29-27-25-23-18-16-14-12-10-8-6-2)43-109-76-67(104)65(102)70(54(42-89)114-76)116-78-69(106)74(63(100)53(41-88)112-78)119-79-68(105)73(62(99)52(40-87)113-79)118-75-58(83-46(4)91)71(61(98)51(39-86)111-75)117-77-66(103)64(101)60(97)55(115-77)44-110-81(80(107)108)37-49(93)57(82-45(3)90)72(120-81)59(96)50(94)38-85/h33,35,47-55,57-79,85-89,92-94,96-106H,5-32,34,36-44H2,1-4H3,(H,82,90)(H,83,91)(H,84,95)(H,107,108)/b35-33+/t47-,48+,49?,50+,51?,52?,53?,54?,55?,57+,58?,59+,60-,61-,62-,63-,64-,65+,66?,67?,68?,69?,70+,71+,72?,73-,74-,75-,76+,77-,78-,79+,81+/m0/s1. The average Bonchev–Trinajstić information content (AvgIpc) is 0.769. The molecule has 0 aromatic heterocycles. The van der Waals surface area contributed by atoms with E-state index >= 15 is 0 Å². The number of carbonyl (C=O) groups excluding carboxylic acids is 3. The minimum absolute atomic E-state index is 0.160. The molecule has 0 saturated carbocycles. The van der Waals surface area contributed by atoms with E-state index in [1.807, 2.05) is 6.08 Å². The van der Waals surface area contributed by atoms with Gasteiger partial charge in [0.2, 0.25) is 17.7 Å². The number of nitrogens with one attached hydrogen (secondary N) is 3. The molecule has 39 nitrogen and oxygen atoms in total. The highest BCUT2D eigenvalue weighted by Crippen LogP contribution is 2.39. The number of aliphatic carboxylic acids is 1. The summed E-state index contributed by atoms with van der Waals surface area (Å²) in [6, 6.07) is -4.64. The fourth-order valence-corrected chi connectivity index (χ4v) is 16.0. The maximum atomic E-state index is 13.6. The molecule has 3 amide bonds. The predicted octanol–water partition coefficient (Wildman–Crippen LogP) is -2.44. The van der Waals surface area contributed by atoms with Crippen LogP contribution in [0.2, 0.25) is 0 Å². The number of carboxylic acids is 1. The molecule has 12 unspecified atom stereocenters. The van der Waals surface area contributed by atoms with Crippen molar-refractivity contribution >= 4 is 23.7 Å². The second-order valence-electron chi connectivity index (χ2n) is 32.8. The summed E-state index contributed by atoms with van der Waals surface area (Å²) in [5.41, 5.74) is 0. The van der Waals surface area contributed by atoms with Crippen molar-refractivity contribution in [3.8, 4) is 0 Å². The van der Waals surface area contributed by atoms with Gasteiger partial charge in [-0.1, -0.05) is 193 Å². The number of carboxylic acid groups (broad SMARTS) is 1. The quantitative estimate of drug-likeness (QED) is 0.0222. The first kappa shape index (κ1) is 105. The molecule has 6 fully saturated rings. The third-order valence-electron chi connectivity index (χ3n) is 23.2. The summed E-state index contributed by atoms with van der Waals surface area (Å²) >= 11 is 0. The molecule has 0 aromatic rings. The van der Waals surface area contributed by atoms with Gasteiger partial charge in [-0.25, -0.2) is 4.79 Å². The van der Waals surface area contributed by atoms with E-state index < -0.39 is 272 Å². The molecule has 700 valence electrons. The van der Waals surface area contributed by atoms with Gasteiger partial charge in [-0.15, -0.1) is 0 Å². The van der Waals surface area contributed by atoms with Gasteiger partial charge in [0.1, 0.15) is 140 Å². The lowest BCUT2D eigenvalue weighted by atomic mass is 9.88. The molecule has 39 heteroatoms. The summed E-state index contributed by atoms with van der Waals surface area (Å²) < 4.78 is 70.5. The highest BCUT2D eigenvalue weighted by atomic mass is 16.8. The van der Waals surface area contributed by atoms with Crippen LogP contribution < -0.4 is 16.0 Å². The monoisotopic (exact) mass is 1740 g/mol. The van der Waals surface area contributed by atoms with Gasteiger partial charge in [0.25, 0.3) is 5.79 Å². The zero-order chi connectivity index (χ0) is 88.2. The first-order chi connectivity index (χ1) is 57.5. The molecule has 0 radical (unpaired) electrons. The summed E-state index contributed by atoms with van der Waals surface area (Å²) in [6.45, 7) is -0.587. The summed E-state index contributed by atoms with van der Waals surface area (Å²) in [5, 5.41) is 230. The Kier molecular flexibility index (Phi) is 48.4. The molecule has 23 N–H and O–H groups in total. The van der Waals surface area contributed by atoms with Crippen LogP contribution in [0.15, 0.2) is 12.2 Å². The van der Waals surface area contributed by atoms with E-state index in [4.69, 9.17) is 56.8 Å². The van der Waals surface area contributed by atoms with E-state index in [1.54, 1.807) is 6.08 Å². The second kappa shape index (κ2) is 55.2. The third kappa shape index (κ3) is 31.7. The lowest BCUT2D eigenvalue weighted by Gasteiger charge is -2.50. The van der Waals surface area contributed by atoms with E-state index in [1.165, 1.54) is 122 Å². The molecule has 6 rings (SSSR count). The van der Waals surface area contributed by atoms with Crippen molar-refractivity contribution in [1.82, 2.24) is 16.0 Å². The van der Waals surface area contributed by atoms with Gasteiger partial charge in [0.15, 0.2) is 31.5 Å². The van der Waals surface area contributed by atoms with Gasteiger partial charge in [-0.05, 0) is 19.3 Å². The molecule has 0 bridgehead atoms. The van der Waals surface area contributed by atoms with Crippen molar-refractivity contribution in [1.29, 1.82) is 0 Å². The van der Waals surface area contributed by atoms with Crippen molar-refractivity contribution in [2.75, 3.05) is 46.2 Å². The zero-order valence-corrected chi connectivity index (χ0v) is 70.0. The molecule has 0 aliphatic carbocycles. The Hall–Kier alpha value is -3.62. The summed E-state index contributed by atoms with van der Waals surface area (Å²) in [4.78, 5) is 51.7. The molecule has 0 spiro atoms. The lowest BCUT2D eigenvalue weighted by molar-refractivity contribution is -0.390. The maximum absolute atomic E-state index is 13.6. The largest absolute Gasteiger partial charge is 0.477 e. The van der Waals surface area contributed by atoms with E-state index in [9.17, 15) is 121 Å². The van der Waals surface area contributed by atoms with Crippen molar-refractivity contribution in [2.24, 2.45) is 0 Å². The number of aliphatic hydroxyl groups is 19. The van der Waals surface area contributed by atoms with Gasteiger partial charge < -0.3 is 175 Å². The minimum atomic E-state index is -3.03. The number of ether oxygens (including phenoxy) is 12. The lowest BCUT2D eigenvalue weighted by Crippen LogP contribution is -2.70. The minimum Gasteiger partial charge on any atom is -0.477 e. The molecule has 0 aromatic carbocycles. The number of hydrogen-bond acceptors (Lipinski definition) is 35. The van der Waals surface area contributed by atoms with E-state index in [0.717, 1.165) is 65.2 Å². The number of allylic oxidation sites excluding steroid dienone is 1. The molecule has 6 heterocycles. The highest BCUT2D eigenvalue weighted by Gasteiger charge is 2.60. The summed E-state index contributed by atoms with van der Waals surface area (Å²) in [5.74, 6) is -7.13. The van der Waals surface area contributed by atoms with E-state index in [-0.39, 0.29) is 12.3 Å². The Morgan fingerprint density at radius 1 is 0.442 bits per heavy atom. The smallest absolute Gasteiger partial charge is 0.364 e.